The molecule has 3 amide bonds. The first-order chi connectivity index (χ1) is 14.3. The molecule has 0 spiro atoms. The number of carbonyl (C=O) groups is 3. The molecule has 0 radical (unpaired) electrons. The number of primary amides is 1. The zero-order chi connectivity index (χ0) is 21.7. The van der Waals surface area contributed by atoms with Crippen molar-refractivity contribution in [3.05, 3.63) is 65.2 Å². The molecule has 30 heavy (non-hydrogen) atoms. The van der Waals surface area contributed by atoms with Crippen LogP contribution in [0.25, 0.3) is 0 Å². The van der Waals surface area contributed by atoms with Crippen LogP contribution in [0, 0.1) is 0 Å². The van der Waals surface area contributed by atoms with Gasteiger partial charge in [-0.1, -0.05) is 12.1 Å². The van der Waals surface area contributed by atoms with E-state index in [2.05, 4.69) is 10.6 Å². The van der Waals surface area contributed by atoms with Crippen LogP contribution in [0.4, 0.5) is 5.69 Å². The number of carbonyl (C=O) groups excluding carboxylic acids is 3. The molecule has 0 aromatic heterocycles. The maximum absolute atomic E-state index is 12.4. The third-order valence-electron chi connectivity index (χ3n) is 4.61. The molecule has 0 aliphatic carbocycles. The van der Waals surface area contributed by atoms with Gasteiger partial charge < -0.3 is 16.4 Å². The highest BCUT2D eigenvalue weighted by molar-refractivity contribution is 7.93. The first-order valence-electron chi connectivity index (χ1n) is 9.30. The number of nitrogens with two attached hydrogens (primary N) is 1. The second kappa shape index (κ2) is 8.95. The van der Waals surface area contributed by atoms with Crippen molar-refractivity contribution in [1.29, 1.82) is 0 Å². The maximum atomic E-state index is 12.4. The van der Waals surface area contributed by atoms with Gasteiger partial charge in [0.15, 0.2) is 0 Å². The molecule has 0 atom stereocenters. The largest absolute Gasteiger partial charge is 0.368 e. The summed E-state index contributed by atoms with van der Waals surface area (Å²) < 4.78 is 25.3. The third kappa shape index (κ3) is 5.15. The van der Waals surface area contributed by atoms with Crippen LogP contribution in [-0.2, 0) is 21.4 Å². The van der Waals surface area contributed by atoms with Crippen molar-refractivity contribution in [3.8, 4) is 0 Å². The van der Waals surface area contributed by atoms with Gasteiger partial charge in [0.1, 0.15) is 0 Å². The average Bonchev–Trinajstić information content (AvgIpc) is 3.09. The van der Waals surface area contributed by atoms with Gasteiger partial charge in [-0.3, -0.25) is 18.7 Å². The van der Waals surface area contributed by atoms with Gasteiger partial charge in [-0.2, -0.15) is 0 Å². The molecule has 1 fully saturated rings. The summed E-state index contributed by atoms with van der Waals surface area (Å²) in [7, 11) is -3.26. The zero-order valence-electron chi connectivity index (χ0n) is 16.1. The number of nitrogens with zero attached hydrogens (tertiary/aromatic N) is 1. The summed E-state index contributed by atoms with van der Waals surface area (Å²) in [5.74, 6) is -1.20. The molecule has 158 valence electrons. The smallest absolute Gasteiger partial charge is 0.251 e. The fraction of sp³-hybridized carbons (Fsp3) is 0.250. The Morgan fingerprint density at radius 3 is 2.00 bits per heavy atom. The second-order valence-corrected chi connectivity index (χ2v) is 8.83. The molecule has 1 heterocycles. The Kier molecular flexibility index (Phi) is 6.36. The van der Waals surface area contributed by atoms with Crippen LogP contribution < -0.4 is 20.7 Å². The Balaban J connectivity index is 1.55. The first-order valence-corrected chi connectivity index (χ1v) is 10.9. The van der Waals surface area contributed by atoms with E-state index in [1.165, 1.54) is 4.31 Å². The highest BCUT2D eigenvalue weighted by Gasteiger charge is 2.28. The van der Waals surface area contributed by atoms with Crippen LogP contribution in [-0.4, -0.2) is 45.0 Å². The molecule has 10 heteroatoms. The lowest BCUT2D eigenvalue weighted by atomic mass is 10.1. The van der Waals surface area contributed by atoms with Crippen molar-refractivity contribution in [2.24, 2.45) is 5.73 Å². The van der Waals surface area contributed by atoms with Gasteiger partial charge in [0.05, 0.1) is 18.0 Å². The Bertz CT molecular complexity index is 1050. The van der Waals surface area contributed by atoms with Crippen LogP contribution >= 0.6 is 0 Å². The highest BCUT2D eigenvalue weighted by atomic mass is 32.2. The standard InChI is InChI=1S/C20H22N4O5S/c21-18(25)13-23-20(27)15-4-2-14(3-5-15)12-22-19(26)16-6-8-17(9-7-16)24-10-1-11-30(24,28)29/h2-9H,1,10-13H2,(H2,21,25)(H,22,26)(H,23,27). The maximum Gasteiger partial charge on any atom is 0.251 e. The lowest BCUT2D eigenvalue weighted by Gasteiger charge is -2.17. The minimum Gasteiger partial charge on any atom is -0.368 e. The summed E-state index contributed by atoms with van der Waals surface area (Å²) in [4.78, 5) is 34.9. The lowest BCUT2D eigenvalue weighted by Crippen LogP contribution is -2.33. The molecule has 9 nitrogen and oxygen atoms in total. The first kappa shape index (κ1) is 21.3. The van der Waals surface area contributed by atoms with Crippen molar-refractivity contribution in [3.63, 3.8) is 0 Å². The van der Waals surface area contributed by atoms with Gasteiger partial charge >= 0.3 is 0 Å². The molecule has 0 unspecified atom stereocenters. The van der Waals surface area contributed by atoms with Gasteiger partial charge in [-0.05, 0) is 48.4 Å². The van der Waals surface area contributed by atoms with Gasteiger partial charge in [0.2, 0.25) is 15.9 Å². The van der Waals surface area contributed by atoms with Crippen LogP contribution in [0.5, 0.6) is 0 Å². The van der Waals surface area contributed by atoms with E-state index in [4.69, 9.17) is 5.73 Å². The number of sulfonamides is 1. The molecule has 1 aliphatic rings. The number of benzene rings is 2. The van der Waals surface area contributed by atoms with Crippen molar-refractivity contribution < 1.29 is 22.8 Å². The fourth-order valence-corrected chi connectivity index (χ4v) is 4.60. The van der Waals surface area contributed by atoms with Gasteiger partial charge in [0, 0.05) is 24.2 Å². The molecule has 2 aromatic rings. The summed E-state index contributed by atoms with van der Waals surface area (Å²) in [6.45, 7) is 0.466. The molecule has 0 saturated carbocycles. The number of amides is 3. The molecule has 1 aliphatic heterocycles. The molecule has 2 aromatic carbocycles. The number of rotatable bonds is 7. The third-order valence-corrected chi connectivity index (χ3v) is 6.48. The van der Waals surface area contributed by atoms with E-state index >= 15 is 0 Å². The summed E-state index contributed by atoms with van der Waals surface area (Å²) in [5.41, 5.74) is 7.11. The molecule has 1 saturated heterocycles. The minimum absolute atomic E-state index is 0.140. The number of nitrogens with one attached hydrogen (secondary N) is 2. The normalized spacial score (nSPS) is 14.9. The zero-order valence-corrected chi connectivity index (χ0v) is 16.9. The van der Waals surface area contributed by atoms with E-state index in [1.807, 2.05) is 0 Å². The van der Waals surface area contributed by atoms with Crippen LogP contribution in [0.2, 0.25) is 0 Å². The van der Waals surface area contributed by atoms with Crippen molar-refractivity contribution in [1.82, 2.24) is 10.6 Å². The van der Waals surface area contributed by atoms with Crippen molar-refractivity contribution in [2.45, 2.75) is 13.0 Å². The van der Waals surface area contributed by atoms with Gasteiger partial charge in [-0.25, -0.2) is 8.42 Å². The van der Waals surface area contributed by atoms with Gasteiger partial charge in [-0.15, -0.1) is 0 Å². The van der Waals surface area contributed by atoms with Crippen LogP contribution in [0.3, 0.4) is 0 Å². The lowest BCUT2D eigenvalue weighted by molar-refractivity contribution is -0.117. The monoisotopic (exact) mass is 430 g/mol. The van der Waals surface area contributed by atoms with E-state index in [-0.39, 0.29) is 24.7 Å². The summed E-state index contributed by atoms with van der Waals surface area (Å²) in [5, 5.41) is 5.17. The van der Waals surface area contributed by atoms with Crippen molar-refractivity contribution >= 4 is 33.4 Å². The highest BCUT2D eigenvalue weighted by Crippen LogP contribution is 2.24. The van der Waals surface area contributed by atoms with E-state index in [9.17, 15) is 22.8 Å². The average molecular weight is 430 g/mol. The quantitative estimate of drug-likeness (QED) is 0.583. The van der Waals surface area contributed by atoms with E-state index in [1.54, 1.807) is 48.5 Å². The number of anilines is 1. The summed E-state index contributed by atoms with van der Waals surface area (Å²) in [6.07, 6.45) is 0.593. The molecular weight excluding hydrogens is 408 g/mol. The summed E-state index contributed by atoms with van der Waals surface area (Å²) in [6, 6.07) is 13.0. The Hall–Kier alpha value is -3.40. The van der Waals surface area contributed by atoms with E-state index in [0.29, 0.717) is 29.8 Å². The minimum atomic E-state index is -3.26. The molecule has 4 N–H and O–H groups in total. The second-order valence-electron chi connectivity index (χ2n) is 6.82. The predicted molar refractivity (Wildman–Crippen MR) is 111 cm³/mol. The van der Waals surface area contributed by atoms with Crippen LogP contribution in [0.1, 0.15) is 32.7 Å². The Morgan fingerprint density at radius 1 is 0.900 bits per heavy atom. The summed E-state index contributed by atoms with van der Waals surface area (Å²) >= 11 is 0. The number of hydrogen-bond acceptors (Lipinski definition) is 5. The Morgan fingerprint density at radius 2 is 1.47 bits per heavy atom. The SMILES string of the molecule is NC(=O)CNC(=O)c1ccc(CNC(=O)c2ccc(N3CCCS3(=O)=O)cc2)cc1. The molecule has 3 rings (SSSR count). The topological polar surface area (TPSA) is 139 Å². The van der Waals surface area contributed by atoms with Crippen LogP contribution in [0.15, 0.2) is 48.5 Å². The Labute approximate surface area is 174 Å². The molecule has 0 bridgehead atoms. The predicted octanol–water partition coefficient (Wildman–Crippen LogP) is 0.372. The van der Waals surface area contributed by atoms with E-state index < -0.39 is 21.8 Å². The molecular formula is C20H22N4O5S. The van der Waals surface area contributed by atoms with Gasteiger partial charge in [0.25, 0.3) is 11.8 Å². The fourth-order valence-electron chi connectivity index (χ4n) is 3.04. The van der Waals surface area contributed by atoms with Crippen molar-refractivity contribution in [2.75, 3.05) is 23.1 Å². The number of hydrogen-bond donors (Lipinski definition) is 3. The van der Waals surface area contributed by atoms with E-state index in [0.717, 1.165) is 5.56 Å².